The van der Waals surface area contributed by atoms with Crippen LogP contribution in [-0.4, -0.2) is 46.1 Å². The molecule has 126 valence electrons. The van der Waals surface area contributed by atoms with Gasteiger partial charge in [0.15, 0.2) is 6.10 Å². The third kappa shape index (κ3) is 1.98. The van der Waals surface area contributed by atoms with Crippen molar-refractivity contribution in [3.8, 4) is 0 Å². The Bertz CT molecular complexity index is 728. The first-order chi connectivity index (χ1) is 11.4. The summed E-state index contributed by atoms with van der Waals surface area (Å²) in [6.07, 6.45) is -1.05. The number of amides is 1. The molecule has 1 unspecified atom stereocenters. The van der Waals surface area contributed by atoms with Crippen LogP contribution in [0.1, 0.15) is 17.3 Å². The van der Waals surface area contributed by atoms with Gasteiger partial charge in [-0.25, -0.2) is 4.79 Å². The minimum absolute atomic E-state index is 0.335. The maximum absolute atomic E-state index is 12.4. The second-order valence-corrected chi connectivity index (χ2v) is 6.57. The average Bonchev–Trinajstić information content (AvgIpc) is 2.98. The molecule has 7 heteroatoms. The monoisotopic (exact) mass is 331 g/mol. The maximum atomic E-state index is 12.4. The lowest BCUT2D eigenvalue weighted by atomic mass is 9.81. The zero-order valence-electron chi connectivity index (χ0n) is 12.9. The highest BCUT2D eigenvalue weighted by molar-refractivity contribution is 5.97. The Kier molecular flexibility index (Phi) is 3.20. The van der Waals surface area contributed by atoms with Crippen LogP contribution in [-0.2, 0) is 14.3 Å². The van der Waals surface area contributed by atoms with E-state index in [1.165, 1.54) is 13.2 Å². The molecule has 1 aromatic carbocycles. The fourth-order valence-electron chi connectivity index (χ4n) is 4.04. The molecule has 2 heterocycles. The lowest BCUT2D eigenvalue weighted by Gasteiger charge is -2.36. The molecule has 3 N–H and O–H groups in total. The van der Waals surface area contributed by atoms with Crippen LogP contribution in [0.15, 0.2) is 42.2 Å². The molecule has 2 fully saturated rings. The lowest BCUT2D eigenvalue weighted by Crippen LogP contribution is -2.52. The topological polar surface area (TPSA) is 105 Å². The highest BCUT2D eigenvalue weighted by Crippen LogP contribution is 2.52. The van der Waals surface area contributed by atoms with Gasteiger partial charge in [-0.2, -0.15) is 0 Å². The Morgan fingerprint density at radius 1 is 1.33 bits per heavy atom. The van der Waals surface area contributed by atoms with Gasteiger partial charge in [0.25, 0.3) is 5.91 Å². The zero-order chi connectivity index (χ0) is 17.1. The van der Waals surface area contributed by atoms with Gasteiger partial charge in [-0.1, -0.05) is 18.2 Å². The molecule has 1 amide bonds. The second kappa shape index (κ2) is 5.06. The van der Waals surface area contributed by atoms with E-state index in [9.17, 15) is 19.8 Å². The van der Waals surface area contributed by atoms with Gasteiger partial charge in [-0.05, 0) is 19.1 Å². The fourth-order valence-corrected chi connectivity index (χ4v) is 4.04. The van der Waals surface area contributed by atoms with E-state index in [0.717, 1.165) is 0 Å². The highest BCUT2D eigenvalue weighted by atomic mass is 16.6. The molecular formula is C17H17NO6. The van der Waals surface area contributed by atoms with E-state index in [-0.39, 0.29) is 5.91 Å². The van der Waals surface area contributed by atoms with Crippen LogP contribution in [0.2, 0.25) is 0 Å². The van der Waals surface area contributed by atoms with Crippen molar-refractivity contribution in [3.05, 3.63) is 47.7 Å². The number of nitrogens with one attached hydrogen (secondary N) is 1. The van der Waals surface area contributed by atoms with Gasteiger partial charge >= 0.3 is 5.97 Å². The number of hydrogen-bond donors (Lipinski definition) is 3. The van der Waals surface area contributed by atoms with Crippen molar-refractivity contribution in [3.63, 3.8) is 0 Å². The molecule has 0 spiro atoms. The molecule has 6 atom stereocenters. The molecule has 1 saturated carbocycles. The Morgan fingerprint density at radius 2 is 2.04 bits per heavy atom. The van der Waals surface area contributed by atoms with Crippen molar-refractivity contribution in [2.45, 2.75) is 31.0 Å². The van der Waals surface area contributed by atoms with Crippen LogP contribution in [0.3, 0.4) is 0 Å². The number of rotatable bonds is 2. The molecule has 0 bridgehead atoms. The van der Waals surface area contributed by atoms with Crippen molar-refractivity contribution in [1.29, 1.82) is 0 Å². The zero-order valence-corrected chi connectivity index (χ0v) is 12.9. The molecule has 0 aromatic heterocycles. The second-order valence-electron chi connectivity index (χ2n) is 6.57. The lowest BCUT2D eigenvalue weighted by molar-refractivity contribution is -0.178. The van der Waals surface area contributed by atoms with Gasteiger partial charge in [0, 0.05) is 5.92 Å². The summed E-state index contributed by atoms with van der Waals surface area (Å²) in [7, 11) is 0. The average molecular weight is 331 g/mol. The van der Waals surface area contributed by atoms with Crippen molar-refractivity contribution in [1.82, 2.24) is 5.32 Å². The Morgan fingerprint density at radius 3 is 2.75 bits per heavy atom. The summed E-state index contributed by atoms with van der Waals surface area (Å²) in [4.78, 5) is 24.4. The van der Waals surface area contributed by atoms with Crippen LogP contribution < -0.4 is 5.32 Å². The molecule has 3 aliphatic rings. The predicted octanol–water partition coefficient (Wildman–Crippen LogP) is -0.0601. The number of benzene rings is 1. The Balaban J connectivity index is 1.68. The minimum Gasteiger partial charge on any atom is -0.472 e. The van der Waals surface area contributed by atoms with E-state index in [0.29, 0.717) is 11.1 Å². The van der Waals surface area contributed by atoms with Crippen LogP contribution in [0.5, 0.6) is 0 Å². The quantitative estimate of drug-likeness (QED) is 0.656. The largest absolute Gasteiger partial charge is 0.472 e. The standard InChI is InChI=1S/C17H17NO6/c1-17(22)11-10-9(7-23-16(11)21)14(19)18-12(10)13(17)24-15(20)8-5-3-2-4-6-8/h2-7,10-13,16,21-22H,1H3,(H,18,19)/t10-,11-,12+,13+,16?,17-/m1/s1. The fraction of sp³-hybridized carbons (Fsp3) is 0.412. The number of esters is 1. The van der Waals surface area contributed by atoms with Crippen molar-refractivity contribution in [2.75, 3.05) is 0 Å². The van der Waals surface area contributed by atoms with Crippen molar-refractivity contribution < 1.29 is 29.3 Å². The summed E-state index contributed by atoms with van der Waals surface area (Å²) >= 11 is 0. The number of ether oxygens (including phenoxy) is 2. The Hall–Kier alpha value is -2.38. The molecule has 24 heavy (non-hydrogen) atoms. The molecule has 7 nitrogen and oxygen atoms in total. The Labute approximate surface area is 137 Å². The molecule has 1 aromatic rings. The minimum atomic E-state index is -1.55. The summed E-state index contributed by atoms with van der Waals surface area (Å²) in [6.45, 7) is 1.49. The van der Waals surface area contributed by atoms with Crippen molar-refractivity contribution >= 4 is 11.9 Å². The first-order valence-corrected chi connectivity index (χ1v) is 7.74. The molecular weight excluding hydrogens is 314 g/mol. The van der Waals surface area contributed by atoms with Gasteiger partial charge in [-0.3, -0.25) is 4.79 Å². The third-order valence-corrected chi connectivity index (χ3v) is 5.16. The van der Waals surface area contributed by atoms with Crippen molar-refractivity contribution in [2.24, 2.45) is 11.8 Å². The van der Waals surface area contributed by atoms with Crippen LogP contribution in [0.4, 0.5) is 0 Å². The van der Waals surface area contributed by atoms with Gasteiger partial charge < -0.3 is 25.0 Å². The number of aliphatic hydroxyl groups excluding tert-OH is 1. The van der Waals surface area contributed by atoms with E-state index in [2.05, 4.69) is 5.32 Å². The van der Waals surface area contributed by atoms with Crippen LogP contribution in [0.25, 0.3) is 0 Å². The molecule has 2 aliphatic heterocycles. The van der Waals surface area contributed by atoms with Crippen LogP contribution in [0, 0.1) is 11.8 Å². The first kappa shape index (κ1) is 15.2. The summed E-state index contributed by atoms with van der Waals surface area (Å²) in [5.74, 6) is -2.17. The van der Waals surface area contributed by atoms with Gasteiger partial charge in [0.1, 0.15) is 5.60 Å². The number of hydrogen-bond acceptors (Lipinski definition) is 6. The molecule has 1 saturated heterocycles. The molecule has 1 aliphatic carbocycles. The number of aliphatic hydroxyl groups is 2. The third-order valence-electron chi connectivity index (χ3n) is 5.16. The number of carbonyl (C=O) groups excluding carboxylic acids is 2. The number of carbonyl (C=O) groups is 2. The summed E-state index contributed by atoms with van der Waals surface area (Å²) < 4.78 is 10.6. The summed E-state index contributed by atoms with van der Waals surface area (Å²) in [5, 5.41) is 23.8. The van der Waals surface area contributed by atoms with Gasteiger partial charge in [-0.15, -0.1) is 0 Å². The highest BCUT2D eigenvalue weighted by Gasteiger charge is 2.67. The van der Waals surface area contributed by atoms with Gasteiger partial charge in [0.2, 0.25) is 6.29 Å². The smallest absolute Gasteiger partial charge is 0.338 e. The molecule has 4 rings (SSSR count). The predicted molar refractivity (Wildman–Crippen MR) is 80.4 cm³/mol. The summed E-state index contributed by atoms with van der Waals surface area (Å²) in [6, 6.07) is 7.80. The van der Waals surface area contributed by atoms with E-state index in [1.807, 2.05) is 0 Å². The first-order valence-electron chi connectivity index (χ1n) is 7.74. The SMILES string of the molecule is C[C@]1(O)[C@@H](OC(=O)c2ccccc2)[C@H]2NC(=O)C3=COC(O)[C@H]1[C@@H]32. The summed E-state index contributed by atoms with van der Waals surface area (Å²) in [5.41, 5.74) is -0.847. The van der Waals surface area contributed by atoms with E-state index >= 15 is 0 Å². The van der Waals surface area contributed by atoms with E-state index < -0.39 is 41.8 Å². The van der Waals surface area contributed by atoms with E-state index in [4.69, 9.17) is 9.47 Å². The normalized spacial score (nSPS) is 39.5. The van der Waals surface area contributed by atoms with Crippen LogP contribution >= 0.6 is 0 Å². The maximum Gasteiger partial charge on any atom is 0.338 e. The van der Waals surface area contributed by atoms with Gasteiger partial charge in [0.05, 0.1) is 29.4 Å². The molecule has 0 radical (unpaired) electrons. The van der Waals surface area contributed by atoms with E-state index in [1.54, 1.807) is 30.3 Å².